The molecule has 0 aromatic heterocycles. The minimum absolute atomic E-state index is 0.135. The number of benzene rings is 3. The maximum atomic E-state index is 9.08. The topological polar surface area (TPSA) is 50.8 Å². The predicted octanol–water partition coefficient (Wildman–Crippen LogP) is 6.74. The molecule has 3 aromatic carbocycles. The van der Waals surface area contributed by atoms with Crippen molar-refractivity contribution in [1.82, 2.24) is 0 Å². The van der Waals surface area contributed by atoms with Crippen LogP contribution in [0.2, 0.25) is 0 Å². The van der Waals surface area contributed by atoms with E-state index in [1.165, 1.54) is 0 Å². The molecule has 130 valence electrons. The molecule has 0 unspecified atom stereocenters. The van der Waals surface area contributed by atoms with Gasteiger partial charge in [0.05, 0.1) is 0 Å². The van der Waals surface area contributed by atoms with Crippen LogP contribution in [0.5, 0.6) is 0 Å². The summed E-state index contributed by atoms with van der Waals surface area (Å²) < 4.78 is 1.02. The maximum absolute atomic E-state index is 9.08. The Morgan fingerprint density at radius 1 is 0.741 bits per heavy atom. The molecule has 0 saturated heterocycles. The molecule has 0 spiro atoms. The van der Waals surface area contributed by atoms with Gasteiger partial charge in [-0.3, -0.25) is 0 Å². The lowest BCUT2D eigenvalue weighted by molar-refractivity contribution is 1.28. The number of rotatable bonds is 4. The second-order valence-electron chi connectivity index (χ2n) is 5.92. The number of hydrogen-bond acceptors (Lipinski definition) is 3. The monoisotopic (exact) mass is 413 g/mol. The Bertz CT molecular complexity index is 1020. The van der Waals surface area contributed by atoms with E-state index < -0.39 is 0 Å². The molecular formula is C23H16BrN3. The van der Waals surface area contributed by atoms with Gasteiger partial charge in [-0.1, -0.05) is 46.3 Å². The SMILES string of the molecule is CC(=C(C#N)C#N)c1ccc(N(c2ccccc2)c2ccc(Br)cc2)cc1. The van der Waals surface area contributed by atoms with Crippen molar-refractivity contribution in [2.45, 2.75) is 6.92 Å². The minimum Gasteiger partial charge on any atom is -0.311 e. The van der Waals surface area contributed by atoms with Crippen LogP contribution < -0.4 is 4.90 Å². The van der Waals surface area contributed by atoms with Crippen molar-refractivity contribution in [3.05, 3.63) is 94.5 Å². The van der Waals surface area contributed by atoms with E-state index in [1.54, 1.807) is 6.92 Å². The first-order chi connectivity index (χ1) is 13.1. The van der Waals surface area contributed by atoms with Gasteiger partial charge in [-0.2, -0.15) is 10.5 Å². The normalized spacial score (nSPS) is 9.78. The van der Waals surface area contributed by atoms with E-state index >= 15 is 0 Å². The van der Waals surface area contributed by atoms with Crippen molar-refractivity contribution in [3.63, 3.8) is 0 Å². The van der Waals surface area contributed by atoms with Gasteiger partial charge in [0.25, 0.3) is 0 Å². The van der Waals surface area contributed by atoms with Gasteiger partial charge < -0.3 is 4.90 Å². The smallest absolute Gasteiger partial charge is 0.133 e. The summed E-state index contributed by atoms with van der Waals surface area (Å²) in [6.45, 7) is 1.79. The summed E-state index contributed by atoms with van der Waals surface area (Å²) in [7, 11) is 0. The summed E-state index contributed by atoms with van der Waals surface area (Å²) in [5.41, 5.74) is 4.77. The molecule has 0 aliphatic heterocycles. The molecule has 3 rings (SSSR count). The van der Waals surface area contributed by atoms with E-state index in [0.717, 1.165) is 27.1 Å². The Hall–Kier alpha value is -3.34. The number of anilines is 3. The summed E-state index contributed by atoms with van der Waals surface area (Å²) in [5.74, 6) is 0. The highest BCUT2D eigenvalue weighted by Gasteiger charge is 2.12. The summed E-state index contributed by atoms with van der Waals surface area (Å²) >= 11 is 3.48. The molecule has 0 heterocycles. The zero-order valence-corrected chi connectivity index (χ0v) is 16.3. The molecule has 0 atom stereocenters. The van der Waals surface area contributed by atoms with Gasteiger partial charge in [-0.25, -0.2) is 0 Å². The number of nitriles is 2. The van der Waals surface area contributed by atoms with Crippen LogP contribution in [0.3, 0.4) is 0 Å². The van der Waals surface area contributed by atoms with Crippen molar-refractivity contribution in [1.29, 1.82) is 10.5 Å². The number of hydrogen-bond donors (Lipinski definition) is 0. The van der Waals surface area contributed by atoms with Crippen molar-refractivity contribution >= 4 is 38.6 Å². The van der Waals surface area contributed by atoms with Crippen molar-refractivity contribution < 1.29 is 0 Å². The molecule has 27 heavy (non-hydrogen) atoms. The summed E-state index contributed by atoms with van der Waals surface area (Å²) in [6, 6.07) is 30.0. The molecule has 0 aliphatic rings. The molecule has 0 N–H and O–H groups in total. The summed E-state index contributed by atoms with van der Waals surface area (Å²) in [5, 5.41) is 18.2. The van der Waals surface area contributed by atoms with Crippen LogP contribution in [-0.2, 0) is 0 Å². The van der Waals surface area contributed by atoms with E-state index in [2.05, 4.69) is 45.1 Å². The van der Waals surface area contributed by atoms with Crippen molar-refractivity contribution in [2.24, 2.45) is 0 Å². The average molecular weight is 414 g/mol. The third kappa shape index (κ3) is 4.08. The maximum Gasteiger partial charge on any atom is 0.133 e. The first-order valence-electron chi connectivity index (χ1n) is 8.36. The number of nitrogens with zero attached hydrogens (tertiary/aromatic N) is 3. The van der Waals surface area contributed by atoms with Gasteiger partial charge >= 0.3 is 0 Å². The zero-order chi connectivity index (χ0) is 19.2. The van der Waals surface area contributed by atoms with E-state index in [0.29, 0.717) is 5.57 Å². The highest BCUT2D eigenvalue weighted by molar-refractivity contribution is 9.10. The van der Waals surface area contributed by atoms with Gasteiger partial charge in [0, 0.05) is 21.5 Å². The van der Waals surface area contributed by atoms with Crippen LogP contribution in [0, 0.1) is 22.7 Å². The van der Waals surface area contributed by atoms with Crippen LogP contribution in [0.4, 0.5) is 17.1 Å². The molecule has 3 aromatic rings. The van der Waals surface area contributed by atoms with Crippen LogP contribution in [-0.4, -0.2) is 0 Å². The second-order valence-corrected chi connectivity index (χ2v) is 6.83. The number of allylic oxidation sites excluding steroid dienone is 2. The quantitative estimate of drug-likeness (QED) is 0.444. The van der Waals surface area contributed by atoms with E-state index in [9.17, 15) is 0 Å². The lowest BCUT2D eigenvalue weighted by Crippen LogP contribution is -2.09. The largest absolute Gasteiger partial charge is 0.311 e. The van der Waals surface area contributed by atoms with Crippen molar-refractivity contribution in [2.75, 3.05) is 4.90 Å². The Morgan fingerprint density at radius 3 is 1.74 bits per heavy atom. The van der Waals surface area contributed by atoms with E-state index in [-0.39, 0.29) is 5.57 Å². The second kappa shape index (κ2) is 8.36. The molecule has 0 radical (unpaired) electrons. The molecular weight excluding hydrogens is 398 g/mol. The number of halogens is 1. The Balaban J connectivity index is 2.06. The molecule has 0 aliphatic carbocycles. The number of para-hydroxylation sites is 1. The highest BCUT2D eigenvalue weighted by atomic mass is 79.9. The standard InChI is InChI=1S/C23H16BrN3/c1-17(19(15-25)16-26)18-7-11-22(12-8-18)27(21-5-3-2-4-6-21)23-13-9-20(24)10-14-23/h2-14H,1H3. The van der Waals surface area contributed by atoms with Gasteiger partial charge in [0.2, 0.25) is 0 Å². The third-order valence-electron chi connectivity index (χ3n) is 4.26. The molecule has 0 bridgehead atoms. The molecule has 0 fully saturated rings. The fraction of sp³-hybridized carbons (Fsp3) is 0.0435. The molecule has 3 nitrogen and oxygen atoms in total. The Morgan fingerprint density at radius 2 is 1.22 bits per heavy atom. The lowest BCUT2D eigenvalue weighted by atomic mass is 10.0. The molecule has 0 saturated carbocycles. The van der Waals surface area contributed by atoms with Gasteiger partial charge in [-0.05, 0) is 66.6 Å². The van der Waals surface area contributed by atoms with E-state index in [1.807, 2.05) is 66.7 Å². The van der Waals surface area contributed by atoms with Gasteiger partial charge in [-0.15, -0.1) is 0 Å². The molecule has 4 heteroatoms. The van der Waals surface area contributed by atoms with Crippen molar-refractivity contribution in [3.8, 4) is 12.1 Å². The van der Waals surface area contributed by atoms with Crippen LogP contribution in [0.1, 0.15) is 12.5 Å². The summed E-state index contributed by atoms with van der Waals surface area (Å²) in [6.07, 6.45) is 0. The summed E-state index contributed by atoms with van der Waals surface area (Å²) in [4.78, 5) is 2.16. The van der Waals surface area contributed by atoms with Gasteiger partial charge in [0.15, 0.2) is 0 Å². The molecule has 0 amide bonds. The zero-order valence-electron chi connectivity index (χ0n) is 14.7. The van der Waals surface area contributed by atoms with Crippen LogP contribution in [0.25, 0.3) is 5.57 Å². The van der Waals surface area contributed by atoms with Crippen LogP contribution >= 0.6 is 15.9 Å². The first kappa shape index (κ1) is 18.5. The highest BCUT2D eigenvalue weighted by Crippen LogP contribution is 2.35. The lowest BCUT2D eigenvalue weighted by Gasteiger charge is -2.25. The third-order valence-corrected chi connectivity index (χ3v) is 4.79. The Kier molecular flexibility index (Phi) is 5.71. The first-order valence-corrected chi connectivity index (χ1v) is 9.15. The minimum atomic E-state index is 0.135. The fourth-order valence-corrected chi connectivity index (χ4v) is 3.08. The van der Waals surface area contributed by atoms with E-state index in [4.69, 9.17) is 10.5 Å². The Labute approximate surface area is 167 Å². The average Bonchev–Trinajstić information content (AvgIpc) is 2.72. The fourth-order valence-electron chi connectivity index (χ4n) is 2.81. The predicted molar refractivity (Wildman–Crippen MR) is 113 cm³/mol. The van der Waals surface area contributed by atoms with Gasteiger partial charge in [0.1, 0.15) is 17.7 Å². The van der Waals surface area contributed by atoms with Crippen LogP contribution in [0.15, 0.2) is 88.9 Å².